The van der Waals surface area contributed by atoms with Crippen LogP contribution in [0.4, 0.5) is 0 Å². The summed E-state index contributed by atoms with van der Waals surface area (Å²) in [4.78, 5) is 13.8. The minimum absolute atomic E-state index is 0.00594. The number of ether oxygens (including phenoxy) is 1. The molecule has 0 spiro atoms. The van der Waals surface area contributed by atoms with E-state index in [0.717, 1.165) is 58.5 Å². The first kappa shape index (κ1) is 15.4. The molecule has 1 saturated heterocycles. The topological polar surface area (TPSA) is 53.6 Å². The fraction of sp³-hybridized carbons (Fsp3) is 0.923. The molecule has 0 atom stereocenters. The van der Waals surface area contributed by atoms with Gasteiger partial charge in [0.25, 0.3) is 0 Å². The zero-order valence-corrected chi connectivity index (χ0v) is 11.5. The molecule has 1 fully saturated rings. The van der Waals surface area contributed by atoms with Crippen molar-refractivity contribution >= 4 is 5.91 Å². The van der Waals surface area contributed by atoms with E-state index in [4.69, 9.17) is 4.74 Å². The summed E-state index contributed by atoms with van der Waals surface area (Å²) in [7, 11) is 0. The van der Waals surface area contributed by atoms with E-state index in [9.17, 15) is 4.79 Å². The van der Waals surface area contributed by atoms with E-state index < -0.39 is 0 Å². The number of piperazine rings is 1. The highest BCUT2D eigenvalue weighted by molar-refractivity contribution is 5.77. The highest BCUT2D eigenvalue weighted by Gasteiger charge is 2.08. The molecule has 0 bridgehead atoms. The molecule has 0 saturated carbocycles. The van der Waals surface area contributed by atoms with E-state index in [1.54, 1.807) is 0 Å². The summed E-state index contributed by atoms with van der Waals surface area (Å²) in [5, 5.41) is 6.22. The van der Waals surface area contributed by atoms with Gasteiger partial charge in [-0.2, -0.15) is 0 Å². The van der Waals surface area contributed by atoms with Gasteiger partial charge in [-0.15, -0.1) is 0 Å². The summed E-state index contributed by atoms with van der Waals surface area (Å²) in [6, 6.07) is 0. The Morgan fingerprint density at radius 3 is 2.83 bits per heavy atom. The minimum atomic E-state index is 0.00594. The van der Waals surface area contributed by atoms with E-state index in [1.807, 2.05) is 0 Å². The number of nitrogens with one attached hydrogen (secondary N) is 2. The molecule has 1 rings (SSSR count). The smallest absolute Gasteiger partial charge is 0.245 e. The molecule has 2 N–H and O–H groups in total. The molecule has 1 aliphatic rings. The lowest BCUT2D eigenvalue weighted by molar-refractivity contribution is -0.125. The maximum atomic E-state index is 11.4. The third-order valence-electron chi connectivity index (χ3n) is 3.06. The molecular weight excluding hydrogens is 230 g/mol. The van der Waals surface area contributed by atoms with Crippen molar-refractivity contribution < 1.29 is 9.53 Å². The van der Waals surface area contributed by atoms with E-state index in [1.165, 1.54) is 0 Å². The Morgan fingerprint density at radius 2 is 2.11 bits per heavy atom. The van der Waals surface area contributed by atoms with Crippen LogP contribution in [0.25, 0.3) is 0 Å². The van der Waals surface area contributed by atoms with Crippen LogP contribution in [-0.4, -0.2) is 63.3 Å². The number of carbonyl (C=O) groups excluding carboxylic acids is 1. The maximum Gasteiger partial charge on any atom is 0.245 e. The summed E-state index contributed by atoms with van der Waals surface area (Å²) < 4.78 is 5.25. The van der Waals surface area contributed by atoms with Gasteiger partial charge < -0.3 is 20.3 Å². The van der Waals surface area contributed by atoms with Gasteiger partial charge in [-0.1, -0.05) is 13.3 Å². The fourth-order valence-corrected chi connectivity index (χ4v) is 1.93. The molecule has 18 heavy (non-hydrogen) atoms. The van der Waals surface area contributed by atoms with Crippen LogP contribution in [0.3, 0.4) is 0 Å². The van der Waals surface area contributed by atoms with Crippen LogP contribution >= 0.6 is 0 Å². The summed E-state index contributed by atoms with van der Waals surface area (Å²) in [5.41, 5.74) is 0. The standard InChI is InChI=1S/C13H27N3O2/c1-2-3-11-18-12-13(17)15-5-4-8-16-9-6-14-7-10-16/h14H,2-12H2,1H3,(H,15,17). The quantitative estimate of drug-likeness (QED) is 0.580. The van der Waals surface area contributed by atoms with Crippen molar-refractivity contribution in [2.24, 2.45) is 0 Å². The van der Waals surface area contributed by atoms with E-state index in [2.05, 4.69) is 22.5 Å². The van der Waals surface area contributed by atoms with Gasteiger partial charge in [0, 0.05) is 39.3 Å². The second kappa shape index (κ2) is 10.3. The van der Waals surface area contributed by atoms with E-state index >= 15 is 0 Å². The predicted molar refractivity (Wildman–Crippen MR) is 72.7 cm³/mol. The predicted octanol–water partition coefficient (Wildman–Crippen LogP) is 0.215. The molecule has 5 nitrogen and oxygen atoms in total. The summed E-state index contributed by atoms with van der Waals surface area (Å²) >= 11 is 0. The number of amides is 1. The number of carbonyl (C=O) groups is 1. The molecule has 1 heterocycles. The first-order valence-electron chi connectivity index (χ1n) is 7.10. The molecule has 0 aliphatic carbocycles. The number of hydrogen-bond acceptors (Lipinski definition) is 4. The molecule has 0 unspecified atom stereocenters. The van der Waals surface area contributed by atoms with Crippen molar-refractivity contribution in [2.75, 3.05) is 52.5 Å². The largest absolute Gasteiger partial charge is 0.372 e. The molecule has 0 radical (unpaired) electrons. The molecule has 0 aromatic rings. The van der Waals surface area contributed by atoms with Crippen LogP contribution in [0.15, 0.2) is 0 Å². The van der Waals surface area contributed by atoms with Gasteiger partial charge in [0.05, 0.1) is 0 Å². The lowest BCUT2D eigenvalue weighted by Gasteiger charge is -2.27. The number of unbranched alkanes of at least 4 members (excludes halogenated alkanes) is 1. The van der Waals surface area contributed by atoms with Crippen LogP contribution in [-0.2, 0) is 9.53 Å². The average Bonchev–Trinajstić information content (AvgIpc) is 2.41. The van der Waals surface area contributed by atoms with Crippen molar-refractivity contribution in [3.05, 3.63) is 0 Å². The fourth-order valence-electron chi connectivity index (χ4n) is 1.93. The van der Waals surface area contributed by atoms with Crippen LogP contribution in [0.5, 0.6) is 0 Å². The third kappa shape index (κ3) is 7.63. The Bertz CT molecular complexity index is 218. The van der Waals surface area contributed by atoms with E-state index in [0.29, 0.717) is 6.61 Å². The summed E-state index contributed by atoms with van der Waals surface area (Å²) in [6.45, 7) is 9.22. The summed E-state index contributed by atoms with van der Waals surface area (Å²) in [6.07, 6.45) is 3.14. The molecule has 5 heteroatoms. The highest BCUT2D eigenvalue weighted by Crippen LogP contribution is 1.93. The number of rotatable bonds is 9. The van der Waals surface area contributed by atoms with Gasteiger partial charge in [0.1, 0.15) is 6.61 Å². The van der Waals surface area contributed by atoms with Gasteiger partial charge >= 0.3 is 0 Å². The Balaban J connectivity index is 1.88. The van der Waals surface area contributed by atoms with Crippen LogP contribution < -0.4 is 10.6 Å². The van der Waals surface area contributed by atoms with Gasteiger partial charge in [0.15, 0.2) is 0 Å². The van der Waals surface area contributed by atoms with Gasteiger partial charge in [-0.25, -0.2) is 0 Å². The second-order valence-corrected chi connectivity index (χ2v) is 4.70. The molecule has 1 aliphatic heterocycles. The Morgan fingerprint density at radius 1 is 1.33 bits per heavy atom. The van der Waals surface area contributed by atoms with Crippen molar-refractivity contribution in [3.63, 3.8) is 0 Å². The van der Waals surface area contributed by atoms with Crippen molar-refractivity contribution in [2.45, 2.75) is 26.2 Å². The third-order valence-corrected chi connectivity index (χ3v) is 3.06. The van der Waals surface area contributed by atoms with E-state index in [-0.39, 0.29) is 12.5 Å². The molecule has 0 aromatic heterocycles. The molecule has 1 amide bonds. The molecule has 0 aromatic carbocycles. The number of hydrogen-bond donors (Lipinski definition) is 2. The lowest BCUT2D eigenvalue weighted by atomic mass is 10.3. The van der Waals surface area contributed by atoms with Gasteiger partial charge in [-0.05, 0) is 19.4 Å². The zero-order chi connectivity index (χ0) is 13.1. The van der Waals surface area contributed by atoms with Gasteiger partial charge in [-0.3, -0.25) is 4.79 Å². The Labute approximate surface area is 110 Å². The lowest BCUT2D eigenvalue weighted by Crippen LogP contribution is -2.44. The van der Waals surface area contributed by atoms with Crippen LogP contribution in [0.2, 0.25) is 0 Å². The Kier molecular flexibility index (Phi) is 8.81. The first-order chi connectivity index (χ1) is 8.83. The van der Waals surface area contributed by atoms with Crippen LogP contribution in [0, 0.1) is 0 Å². The zero-order valence-electron chi connectivity index (χ0n) is 11.5. The molecule has 106 valence electrons. The van der Waals surface area contributed by atoms with Crippen LogP contribution in [0.1, 0.15) is 26.2 Å². The average molecular weight is 257 g/mol. The van der Waals surface area contributed by atoms with Gasteiger partial charge in [0.2, 0.25) is 5.91 Å². The van der Waals surface area contributed by atoms with Crippen molar-refractivity contribution in [1.82, 2.24) is 15.5 Å². The second-order valence-electron chi connectivity index (χ2n) is 4.70. The minimum Gasteiger partial charge on any atom is -0.372 e. The SMILES string of the molecule is CCCCOCC(=O)NCCCN1CCNCC1. The Hall–Kier alpha value is -0.650. The monoisotopic (exact) mass is 257 g/mol. The number of nitrogens with zero attached hydrogens (tertiary/aromatic N) is 1. The molecular formula is C13H27N3O2. The first-order valence-corrected chi connectivity index (χ1v) is 7.10. The van der Waals surface area contributed by atoms with Crippen molar-refractivity contribution in [1.29, 1.82) is 0 Å². The highest BCUT2D eigenvalue weighted by atomic mass is 16.5. The maximum absolute atomic E-state index is 11.4. The van der Waals surface area contributed by atoms with Crippen molar-refractivity contribution in [3.8, 4) is 0 Å². The summed E-state index contributed by atoms with van der Waals surface area (Å²) in [5.74, 6) is 0.00594. The normalized spacial score (nSPS) is 16.7.